The Bertz CT molecular complexity index is 1460. The van der Waals surface area contributed by atoms with E-state index in [1.165, 1.54) is 39.2 Å². The van der Waals surface area contributed by atoms with Gasteiger partial charge in [0.2, 0.25) is 27.7 Å². The van der Waals surface area contributed by atoms with Crippen LogP contribution in [-0.4, -0.2) is 82.4 Å². The smallest absolute Gasteiger partial charge is 0.243 e. The third-order valence-corrected chi connectivity index (χ3v) is 7.31. The Kier molecular flexibility index (Phi) is 7.84. The van der Waals surface area contributed by atoms with Gasteiger partial charge >= 0.3 is 0 Å². The highest BCUT2D eigenvalue weighted by atomic mass is 32.2. The highest BCUT2D eigenvalue weighted by Crippen LogP contribution is 2.31. The topological polar surface area (TPSA) is 188 Å². The Morgan fingerprint density at radius 3 is 2.53 bits per heavy atom. The number of pyridine rings is 1. The number of aromatic nitrogens is 6. The molecule has 0 amide bonds. The zero-order valence-electron chi connectivity index (χ0n) is 21.2. The lowest BCUT2D eigenvalue weighted by Gasteiger charge is -2.24. The number of nitrogens with one attached hydrogen (secondary N) is 2. The molecule has 38 heavy (non-hydrogen) atoms. The summed E-state index contributed by atoms with van der Waals surface area (Å²) < 4.78 is 46.8. The number of aliphatic hydroxyl groups excluding tert-OH is 1. The van der Waals surface area contributed by atoms with E-state index in [0.29, 0.717) is 0 Å². The summed E-state index contributed by atoms with van der Waals surface area (Å²) in [5, 5.41) is 20.5. The van der Waals surface area contributed by atoms with Crippen LogP contribution >= 0.6 is 0 Å². The number of methoxy groups -OCH3 is 3. The molecule has 0 fully saturated rings. The van der Waals surface area contributed by atoms with Crippen molar-refractivity contribution in [2.75, 3.05) is 26.1 Å². The summed E-state index contributed by atoms with van der Waals surface area (Å²) in [5.74, 6) is 0.410. The molecule has 0 saturated heterocycles. The van der Waals surface area contributed by atoms with Crippen LogP contribution in [0.2, 0.25) is 0 Å². The van der Waals surface area contributed by atoms with Crippen LogP contribution in [-0.2, 0) is 19.5 Å². The zero-order valence-corrected chi connectivity index (χ0v) is 22.0. The summed E-state index contributed by atoms with van der Waals surface area (Å²) >= 11 is 0. The lowest BCUT2D eigenvalue weighted by molar-refractivity contribution is 0.0949. The minimum Gasteiger partial charge on any atom is -0.481 e. The van der Waals surface area contributed by atoms with Gasteiger partial charge in [-0.3, -0.25) is 9.29 Å². The van der Waals surface area contributed by atoms with Crippen molar-refractivity contribution < 1.29 is 27.7 Å². The van der Waals surface area contributed by atoms with Crippen molar-refractivity contribution in [2.24, 2.45) is 4.99 Å². The van der Waals surface area contributed by atoms with Gasteiger partial charge in [-0.05, 0) is 25.5 Å². The van der Waals surface area contributed by atoms with Crippen LogP contribution in [0, 0.1) is 6.92 Å². The van der Waals surface area contributed by atoms with Crippen LogP contribution in [0.15, 0.2) is 41.5 Å². The Balaban J connectivity index is 1.80. The predicted octanol–water partition coefficient (Wildman–Crippen LogP) is 0.687. The van der Waals surface area contributed by atoms with Crippen molar-refractivity contribution in [3.63, 3.8) is 0 Å². The predicted molar refractivity (Wildman–Crippen MR) is 136 cm³/mol. The number of rotatable bonds is 10. The highest BCUT2D eigenvalue weighted by Gasteiger charge is 2.36. The fourth-order valence-electron chi connectivity index (χ4n) is 3.65. The van der Waals surface area contributed by atoms with Gasteiger partial charge < -0.3 is 24.6 Å². The monoisotopic (exact) mass is 545 g/mol. The Hall–Kier alpha value is -4.15. The third kappa shape index (κ3) is 5.27. The maximum atomic E-state index is 13.5. The number of ether oxygens (including phenoxy) is 3. The molecule has 202 valence electrons. The van der Waals surface area contributed by atoms with Gasteiger partial charge in [0.05, 0.1) is 20.6 Å². The summed E-state index contributed by atoms with van der Waals surface area (Å²) in [7, 11) is 0.00194. The molecule has 1 unspecified atom stereocenters. The molecule has 0 saturated carbocycles. The van der Waals surface area contributed by atoms with Gasteiger partial charge in [-0.2, -0.15) is 0 Å². The van der Waals surface area contributed by atoms with Gasteiger partial charge in [-0.1, -0.05) is 6.07 Å². The van der Waals surface area contributed by atoms with E-state index in [1.807, 2.05) is 6.92 Å². The van der Waals surface area contributed by atoms with E-state index in [4.69, 9.17) is 14.2 Å². The lowest BCUT2D eigenvalue weighted by Crippen LogP contribution is -2.34. The van der Waals surface area contributed by atoms with Gasteiger partial charge in [-0.15, -0.1) is 10.2 Å². The van der Waals surface area contributed by atoms with Gasteiger partial charge in [0.1, 0.15) is 22.7 Å². The van der Waals surface area contributed by atoms with Gasteiger partial charge in [0, 0.05) is 25.6 Å². The van der Waals surface area contributed by atoms with Crippen molar-refractivity contribution in [1.29, 1.82) is 0 Å². The number of hydrogen-bond acceptors (Lipinski definition) is 13. The fourth-order valence-corrected chi connectivity index (χ4v) is 4.78. The Labute approximate surface area is 218 Å². The number of aryl methyl sites for hydroxylation is 1. The van der Waals surface area contributed by atoms with Crippen molar-refractivity contribution in [2.45, 2.75) is 31.4 Å². The molecule has 3 aromatic heterocycles. The van der Waals surface area contributed by atoms with E-state index in [1.54, 1.807) is 30.6 Å². The number of nitrogens with zero attached hydrogens (tertiary/aromatic N) is 7. The van der Waals surface area contributed by atoms with Gasteiger partial charge in [-0.25, -0.2) is 28.4 Å². The molecule has 0 aliphatic carbocycles. The normalized spacial score (nSPS) is 17.1. The summed E-state index contributed by atoms with van der Waals surface area (Å²) in [4.78, 5) is 16.7. The molecule has 1 aliphatic heterocycles. The maximum absolute atomic E-state index is 13.5. The molecule has 1 aliphatic rings. The van der Waals surface area contributed by atoms with Gasteiger partial charge in [0.25, 0.3) is 0 Å². The fraction of sp³-hybridized carbons (Fsp3) is 0.364. The summed E-state index contributed by atoms with van der Waals surface area (Å²) in [6.45, 7) is 3.27. The summed E-state index contributed by atoms with van der Waals surface area (Å²) in [6.07, 6.45) is 1.95. The second-order valence-electron chi connectivity index (χ2n) is 8.09. The number of anilines is 1. The second-order valence-corrected chi connectivity index (χ2v) is 10.1. The first-order valence-corrected chi connectivity index (χ1v) is 12.8. The average Bonchev–Trinajstić information content (AvgIpc) is 3.32. The molecule has 0 aromatic carbocycles. The molecule has 3 aromatic rings. The lowest BCUT2D eigenvalue weighted by atomic mass is 10.2. The van der Waals surface area contributed by atoms with Crippen molar-refractivity contribution >= 4 is 28.0 Å². The molecule has 16 heteroatoms. The average molecular weight is 546 g/mol. The maximum Gasteiger partial charge on any atom is 0.243 e. The molecule has 3 atom stereocenters. The first-order valence-electron chi connectivity index (χ1n) is 11.2. The Morgan fingerprint density at radius 2 is 1.87 bits per heavy atom. The molecular weight excluding hydrogens is 518 g/mol. The minimum atomic E-state index is -4.19. The SMILES string of the molecule is COC1=C(n2c(NS(=O)(=O)[C@@H](C)[C@H](OC)c3ncc(C)cn3)nnc2-c2cccc(OC)n2)C(O)N=CN1. The first-order chi connectivity index (χ1) is 18.2. The van der Waals surface area contributed by atoms with Crippen molar-refractivity contribution in [1.82, 2.24) is 35.0 Å². The molecular formula is C22H27N9O6S. The quantitative estimate of drug-likeness (QED) is 0.324. The van der Waals surface area contributed by atoms with Gasteiger partial charge in [0.15, 0.2) is 17.9 Å². The van der Waals surface area contributed by atoms with Crippen LogP contribution in [0.25, 0.3) is 17.2 Å². The molecule has 4 rings (SSSR count). The molecule has 15 nitrogen and oxygen atoms in total. The summed E-state index contributed by atoms with van der Waals surface area (Å²) in [5.41, 5.74) is 1.12. The number of aliphatic hydroxyl groups is 1. The second kappa shape index (κ2) is 11.1. The minimum absolute atomic E-state index is 0.0233. The van der Waals surface area contributed by atoms with E-state index in [2.05, 4.69) is 40.2 Å². The number of aliphatic imine (C=N–C) groups is 1. The van der Waals surface area contributed by atoms with Crippen molar-refractivity contribution in [3.05, 3.63) is 47.9 Å². The van der Waals surface area contributed by atoms with Crippen LogP contribution in [0.3, 0.4) is 0 Å². The molecule has 0 bridgehead atoms. The standard InChI is InChI=1S/C22H27N9O6S/c1-12-9-23-18(24-10-12)17(36-4)13(2)38(33,34)30-22-29-28-19(14-7-6-8-15(27-14)35-3)31(22)16-20(32)25-11-26-21(16)37-5/h6-11,13,17,20,32H,1-5H3,(H,25,26)(H,29,30)/t13-,17-,20?/m0/s1. The number of hydrogen-bond donors (Lipinski definition) is 3. The van der Waals surface area contributed by atoms with Crippen molar-refractivity contribution in [3.8, 4) is 17.4 Å². The number of sulfonamides is 1. The molecule has 3 N–H and O–H groups in total. The van der Waals surface area contributed by atoms with Crippen LogP contribution < -0.4 is 14.8 Å². The van der Waals surface area contributed by atoms with Crippen LogP contribution in [0.5, 0.6) is 5.88 Å². The van der Waals surface area contributed by atoms with Crippen LogP contribution in [0.4, 0.5) is 5.95 Å². The zero-order chi connectivity index (χ0) is 27.4. The summed E-state index contributed by atoms with van der Waals surface area (Å²) in [6, 6.07) is 4.93. The molecule has 0 spiro atoms. The van der Waals surface area contributed by atoms with E-state index in [0.717, 1.165) is 5.56 Å². The molecule has 0 radical (unpaired) electrons. The Morgan fingerprint density at radius 1 is 1.13 bits per heavy atom. The first kappa shape index (κ1) is 26.9. The third-order valence-electron chi connectivity index (χ3n) is 5.62. The van der Waals surface area contributed by atoms with E-state index in [-0.39, 0.29) is 40.8 Å². The van der Waals surface area contributed by atoms with E-state index >= 15 is 0 Å². The molecule has 4 heterocycles. The van der Waals surface area contributed by atoms with E-state index in [9.17, 15) is 13.5 Å². The van der Waals surface area contributed by atoms with Crippen LogP contribution in [0.1, 0.15) is 24.4 Å². The largest absolute Gasteiger partial charge is 0.481 e. The highest BCUT2D eigenvalue weighted by molar-refractivity contribution is 7.93. The van der Waals surface area contributed by atoms with E-state index < -0.39 is 27.6 Å².